The van der Waals surface area contributed by atoms with Crippen molar-refractivity contribution >= 4 is 56.9 Å². The van der Waals surface area contributed by atoms with Gasteiger partial charge in [-0.05, 0) is 55.4 Å². The van der Waals surface area contributed by atoms with Crippen molar-refractivity contribution < 1.29 is 9.59 Å². The van der Waals surface area contributed by atoms with Gasteiger partial charge in [-0.2, -0.15) is 0 Å². The normalized spacial score (nSPS) is 15.5. The molecule has 3 amide bonds. The molecule has 10 heteroatoms. The van der Waals surface area contributed by atoms with Gasteiger partial charge in [0.15, 0.2) is 5.16 Å². The van der Waals surface area contributed by atoms with E-state index in [1.165, 1.54) is 16.6 Å². The molecule has 1 atom stereocenters. The number of carbonyl (C=O) groups is 2. The number of amides is 3. The molecule has 2 aromatic heterocycles. The largest absolute Gasteiger partial charge is 0.351 e. The van der Waals surface area contributed by atoms with Crippen LogP contribution in [-0.4, -0.2) is 27.2 Å². The van der Waals surface area contributed by atoms with Crippen LogP contribution in [0.15, 0.2) is 28.2 Å². The SMILES string of the molecule is Cc1ccc(-n2c(SCCC(=O)NC(N)=O)nc3sc4c(c3c2=O)CCC(C)C4)cc1Cl. The molecule has 0 fully saturated rings. The van der Waals surface area contributed by atoms with E-state index in [9.17, 15) is 14.4 Å². The Labute approximate surface area is 198 Å². The summed E-state index contributed by atoms with van der Waals surface area (Å²) in [6.45, 7) is 4.13. The van der Waals surface area contributed by atoms with Crippen molar-refractivity contribution in [1.82, 2.24) is 14.9 Å². The van der Waals surface area contributed by atoms with E-state index in [0.29, 0.717) is 32.9 Å². The molecule has 7 nitrogen and oxygen atoms in total. The number of thioether (sulfide) groups is 1. The van der Waals surface area contributed by atoms with Crippen molar-refractivity contribution in [1.29, 1.82) is 0 Å². The van der Waals surface area contributed by atoms with E-state index < -0.39 is 11.9 Å². The molecule has 3 aromatic rings. The van der Waals surface area contributed by atoms with Gasteiger partial charge in [0.2, 0.25) is 5.91 Å². The zero-order chi connectivity index (χ0) is 23.0. The van der Waals surface area contributed by atoms with Crippen LogP contribution in [-0.2, 0) is 17.6 Å². The number of aromatic nitrogens is 2. The smallest absolute Gasteiger partial charge is 0.318 e. The van der Waals surface area contributed by atoms with Gasteiger partial charge in [0.1, 0.15) is 4.83 Å². The number of fused-ring (bicyclic) bond motifs is 3. The molecular formula is C22H23ClN4O3S2. The highest BCUT2D eigenvalue weighted by atomic mass is 35.5. The Morgan fingerprint density at radius 1 is 1.41 bits per heavy atom. The van der Waals surface area contributed by atoms with Gasteiger partial charge in [0.25, 0.3) is 5.56 Å². The summed E-state index contributed by atoms with van der Waals surface area (Å²) < 4.78 is 1.58. The molecule has 1 aromatic carbocycles. The fourth-order valence-corrected chi connectivity index (χ4v) is 6.40. The number of hydrogen-bond donors (Lipinski definition) is 2. The Balaban J connectivity index is 1.79. The second-order valence-electron chi connectivity index (χ2n) is 8.01. The maximum atomic E-state index is 13.7. The van der Waals surface area contributed by atoms with Crippen LogP contribution < -0.4 is 16.6 Å². The number of imide groups is 1. The van der Waals surface area contributed by atoms with E-state index in [4.69, 9.17) is 22.3 Å². The molecule has 0 saturated carbocycles. The fraction of sp³-hybridized carbons (Fsp3) is 0.364. The number of rotatable bonds is 5. The van der Waals surface area contributed by atoms with E-state index in [-0.39, 0.29) is 12.0 Å². The minimum absolute atomic E-state index is 0.0641. The molecule has 0 aliphatic heterocycles. The summed E-state index contributed by atoms with van der Waals surface area (Å²) in [7, 11) is 0. The van der Waals surface area contributed by atoms with Crippen LogP contribution in [0.2, 0.25) is 5.02 Å². The topological polar surface area (TPSA) is 107 Å². The highest BCUT2D eigenvalue weighted by Crippen LogP contribution is 2.37. The van der Waals surface area contributed by atoms with Crippen LogP contribution in [0.3, 0.4) is 0 Å². The Kier molecular flexibility index (Phi) is 6.60. The predicted molar refractivity (Wildman–Crippen MR) is 129 cm³/mol. The molecule has 0 saturated heterocycles. The summed E-state index contributed by atoms with van der Waals surface area (Å²) in [6, 6.07) is 4.59. The van der Waals surface area contributed by atoms with E-state index in [2.05, 4.69) is 6.92 Å². The zero-order valence-electron chi connectivity index (χ0n) is 17.7. The minimum Gasteiger partial charge on any atom is -0.351 e. The molecule has 3 N–H and O–H groups in total. The van der Waals surface area contributed by atoms with E-state index in [0.717, 1.165) is 35.2 Å². The van der Waals surface area contributed by atoms with Gasteiger partial charge in [-0.25, -0.2) is 9.78 Å². The van der Waals surface area contributed by atoms with Gasteiger partial charge >= 0.3 is 6.03 Å². The molecule has 1 aliphatic rings. The van der Waals surface area contributed by atoms with Crippen LogP contribution in [0.1, 0.15) is 35.8 Å². The van der Waals surface area contributed by atoms with Gasteiger partial charge < -0.3 is 5.73 Å². The third-order valence-electron chi connectivity index (χ3n) is 5.54. The number of hydrogen-bond acceptors (Lipinski definition) is 6. The second-order valence-corrected chi connectivity index (χ2v) is 10.6. The monoisotopic (exact) mass is 490 g/mol. The maximum Gasteiger partial charge on any atom is 0.318 e. The third-order valence-corrected chi connectivity index (χ3v) is 8.03. The summed E-state index contributed by atoms with van der Waals surface area (Å²) in [5.41, 5.74) is 7.54. The number of carbonyl (C=O) groups excluding carboxylic acids is 2. The average Bonchev–Trinajstić information content (AvgIpc) is 3.07. The molecule has 4 rings (SSSR count). The van der Waals surface area contributed by atoms with E-state index >= 15 is 0 Å². The van der Waals surface area contributed by atoms with E-state index in [1.54, 1.807) is 22.0 Å². The molecule has 0 bridgehead atoms. The molecule has 32 heavy (non-hydrogen) atoms. The molecule has 0 spiro atoms. The van der Waals surface area contributed by atoms with Gasteiger partial charge in [0.05, 0.1) is 11.1 Å². The number of benzene rings is 1. The summed E-state index contributed by atoms with van der Waals surface area (Å²) in [6.07, 6.45) is 2.96. The van der Waals surface area contributed by atoms with Gasteiger partial charge in [-0.15, -0.1) is 11.3 Å². The number of primary amides is 1. The van der Waals surface area contributed by atoms with Crippen molar-refractivity contribution in [2.75, 3.05) is 5.75 Å². The Hall–Kier alpha value is -2.36. The second kappa shape index (κ2) is 9.25. The first kappa shape index (κ1) is 22.8. The highest BCUT2D eigenvalue weighted by molar-refractivity contribution is 7.99. The lowest BCUT2D eigenvalue weighted by atomic mass is 9.89. The van der Waals surface area contributed by atoms with Crippen molar-refractivity contribution in [2.45, 2.75) is 44.7 Å². The first-order chi connectivity index (χ1) is 15.2. The molecule has 1 unspecified atom stereocenters. The average molecular weight is 491 g/mol. The predicted octanol–water partition coefficient (Wildman–Crippen LogP) is 4.21. The number of thiophene rings is 1. The summed E-state index contributed by atoms with van der Waals surface area (Å²) in [5, 5.41) is 3.78. The first-order valence-electron chi connectivity index (χ1n) is 10.3. The lowest BCUT2D eigenvalue weighted by molar-refractivity contribution is -0.119. The van der Waals surface area contributed by atoms with Crippen LogP contribution in [0, 0.1) is 12.8 Å². The standard InChI is InChI=1S/C22H23ClN4O3S2/c1-11-3-6-14-16(9-11)32-19-18(14)20(29)27(13-5-4-12(2)15(23)10-13)22(26-19)31-8-7-17(28)25-21(24)30/h4-5,10-11H,3,6-9H2,1-2H3,(H3,24,25,28,30). The number of halogens is 1. The van der Waals surface area contributed by atoms with E-state index in [1.807, 2.05) is 24.4 Å². The molecular weight excluding hydrogens is 468 g/mol. The van der Waals surface area contributed by atoms with Crippen LogP contribution in [0.25, 0.3) is 15.9 Å². The number of nitrogens with one attached hydrogen (secondary N) is 1. The zero-order valence-corrected chi connectivity index (χ0v) is 20.1. The summed E-state index contributed by atoms with van der Waals surface area (Å²) in [5.74, 6) is 0.448. The lowest BCUT2D eigenvalue weighted by Gasteiger charge is -2.18. The summed E-state index contributed by atoms with van der Waals surface area (Å²) >= 11 is 9.22. The fourth-order valence-electron chi connectivity index (χ4n) is 3.85. The number of nitrogens with zero attached hydrogens (tertiary/aromatic N) is 2. The Morgan fingerprint density at radius 2 is 2.19 bits per heavy atom. The lowest BCUT2D eigenvalue weighted by Crippen LogP contribution is -2.35. The number of nitrogens with two attached hydrogens (primary N) is 1. The molecule has 168 valence electrons. The van der Waals surface area contributed by atoms with Crippen LogP contribution in [0.4, 0.5) is 4.79 Å². The van der Waals surface area contributed by atoms with Crippen LogP contribution >= 0.6 is 34.7 Å². The minimum atomic E-state index is -0.885. The number of aryl methyl sites for hydroxylation is 2. The Bertz CT molecular complexity index is 1280. The van der Waals surface area contributed by atoms with Crippen molar-refractivity contribution in [3.8, 4) is 5.69 Å². The van der Waals surface area contributed by atoms with Crippen molar-refractivity contribution in [3.63, 3.8) is 0 Å². The van der Waals surface area contributed by atoms with Crippen molar-refractivity contribution in [3.05, 3.63) is 49.6 Å². The summed E-state index contributed by atoms with van der Waals surface area (Å²) in [4.78, 5) is 43.2. The number of urea groups is 1. The van der Waals surface area contributed by atoms with Gasteiger partial charge in [-0.3, -0.25) is 19.5 Å². The van der Waals surface area contributed by atoms with Crippen molar-refractivity contribution in [2.24, 2.45) is 11.7 Å². The molecule has 1 aliphatic carbocycles. The van der Waals surface area contributed by atoms with Gasteiger partial charge in [-0.1, -0.05) is 36.4 Å². The quantitative estimate of drug-likeness (QED) is 0.411. The molecule has 0 radical (unpaired) electrons. The van der Waals surface area contributed by atoms with Gasteiger partial charge in [0, 0.05) is 22.1 Å². The highest BCUT2D eigenvalue weighted by Gasteiger charge is 2.25. The Morgan fingerprint density at radius 3 is 2.91 bits per heavy atom. The van der Waals surface area contributed by atoms with Crippen LogP contribution in [0.5, 0.6) is 0 Å². The molecule has 2 heterocycles. The third kappa shape index (κ3) is 4.55. The first-order valence-corrected chi connectivity index (χ1v) is 12.5. The maximum absolute atomic E-state index is 13.7.